The van der Waals surface area contributed by atoms with Crippen LogP contribution in [-0.4, -0.2) is 36.2 Å². The van der Waals surface area contributed by atoms with E-state index in [1.165, 1.54) is 16.7 Å². The van der Waals surface area contributed by atoms with Gasteiger partial charge in [0, 0.05) is 12.6 Å². The molecule has 0 saturated carbocycles. The van der Waals surface area contributed by atoms with Crippen LogP contribution in [0, 0.1) is 6.92 Å². The van der Waals surface area contributed by atoms with Gasteiger partial charge in [0.25, 0.3) is 0 Å². The summed E-state index contributed by atoms with van der Waals surface area (Å²) in [6.45, 7) is 3.17. The van der Waals surface area contributed by atoms with Gasteiger partial charge in [-0.05, 0) is 37.9 Å². The largest absolute Gasteiger partial charge is 0.395 e. The highest BCUT2D eigenvalue weighted by Crippen LogP contribution is 2.25. The zero-order valence-electron chi connectivity index (χ0n) is 9.53. The summed E-state index contributed by atoms with van der Waals surface area (Å²) in [4.78, 5) is 2.26. The molecule has 1 atom stereocenters. The van der Waals surface area contributed by atoms with Gasteiger partial charge in [0.1, 0.15) is 0 Å². The van der Waals surface area contributed by atoms with Gasteiger partial charge in [-0.1, -0.05) is 23.8 Å². The van der Waals surface area contributed by atoms with Crippen molar-refractivity contribution in [2.75, 3.05) is 20.2 Å². The zero-order valence-corrected chi connectivity index (χ0v) is 9.53. The van der Waals surface area contributed by atoms with Crippen LogP contribution in [0.3, 0.4) is 0 Å². The van der Waals surface area contributed by atoms with Crippen LogP contribution in [0.15, 0.2) is 18.2 Å². The predicted molar refractivity (Wildman–Crippen MR) is 62.1 cm³/mol. The molecule has 15 heavy (non-hydrogen) atoms. The molecule has 0 amide bonds. The molecule has 1 aliphatic rings. The van der Waals surface area contributed by atoms with E-state index in [0.29, 0.717) is 6.04 Å². The van der Waals surface area contributed by atoms with Gasteiger partial charge in [-0.25, -0.2) is 0 Å². The molecule has 2 rings (SSSR count). The first kappa shape index (κ1) is 10.7. The Morgan fingerprint density at radius 3 is 2.80 bits per heavy atom. The molecule has 0 saturated heterocycles. The highest BCUT2D eigenvalue weighted by Gasteiger charge is 2.24. The third kappa shape index (κ3) is 2.21. The normalized spacial score (nSPS) is 19.6. The lowest BCUT2D eigenvalue weighted by atomic mass is 10.1. The molecular formula is C13H19NO. The average Bonchev–Trinajstić information content (AvgIpc) is 2.60. The van der Waals surface area contributed by atoms with Crippen molar-refractivity contribution in [3.8, 4) is 0 Å². The minimum atomic E-state index is 0.252. The molecule has 1 aromatic rings. The van der Waals surface area contributed by atoms with E-state index in [1.54, 1.807) is 0 Å². The maximum Gasteiger partial charge on any atom is 0.0558 e. The first-order chi connectivity index (χ1) is 7.20. The van der Waals surface area contributed by atoms with E-state index in [0.717, 1.165) is 19.4 Å². The van der Waals surface area contributed by atoms with E-state index in [-0.39, 0.29) is 6.61 Å². The van der Waals surface area contributed by atoms with Gasteiger partial charge >= 0.3 is 0 Å². The van der Waals surface area contributed by atoms with Crippen molar-refractivity contribution in [3.05, 3.63) is 34.9 Å². The molecule has 82 valence electrons. The first-order valence-corrected chi connectivity index (χ1v) is 5.60. The van der Waals surface area contributed by atoms with Gasteiger partial charge in [0.05, 0.1) is 6.61 Å². The number of aliphatic hydroxyl groups is 1. The average molecular weight is 205 g/mol. The van der Waals surface area contributed by atoms with Crippen molar-refractivity contribution in [1.82, 2.24) is 4.90 Å². The van der Waals surface area contributed by atoms with E-state index in [4.69, 9.17) is 5.11 Å². The Hall–Kier alpha value is -0.860. The van der Waals surface area contributed by atoms with Crippen LogP contribution < -0.4 is 0 Å². The maximum atomic E-state index is 8.92. The minimum Gasteiger partial charge on any atom is -0.395 e. The standard InChI is InChI=1S/C13H19NO/c1-10-3-4-11-8-13(9-12(11)7-10)14(2)5-6-15/h3-4,7,13,15H,5-6,8-9H2,1-2H3. The van der Waals surface area contributed by atoms with Crippen molar-refractivity contribution in [3.63, 3.8) is 0 Å². The van der Waals surface area contributed by atoms with Gasteiger partial charge in [-0.3, -0.25) is 0 Å². The first-order valence-electron chi connectivity index (χ1n) is 5.60. The molecule has 0 radical (unpaired) electrons. The van der Waals surface area contributed by atoms with Crippen molar-refractivity contribution in [1.29, 1.82) is 0 Å². The van der Waals surface area contributed by atoms with E-state index in [2.05, 4.69) is 37.1 Å². The van der Waals surface area contributed by atoms with Crippen LogP contribution in [0.25, 0.3) is 0 Å². The number of rotatable bonds is 3. The molecule has 1 aromatic carbocycles. The van der Waals surface area contributed by atoms with E-state index >= 15 is 0 Å². The third-order valence-corrected chi connectivity index (χ3v) is 3.35. The molecule has 0 spiro atoms. The molecule has 1 unspecified atom stereocenters. The number of fused-ring (bicyclic) bond motifs is 1. The molecule has 0 aliphatic heterocycles. The molecule has 1 aliphatic carbocycles. The van der Waals surface area contributed by atoms with Crippen molar-refractivity contribution in [2.24, 2.45) is 0 Å². The van der Waals surface area contributed by atoms with Gasteiger partial charge in [0.2, 0.25) is 0 Å². The molecule has 0 aromatic heterocycles. The molecule has 0 fully saturated rings. The SMILES string of the molecule is Cc1ccc2c(c1)CC(N(C)CCO)C2. The Morgan fingerprint density at radius 1 is 1.33 bits per heavy atom. The van der Waals surface area contributed by atoms with Crippen molar-refractivity contribution < 1.29 is 5.11 Å². The Bertz CT molecular complexity index is 348. The predicted octanol–water partition coefficient (Wildman–Crippen LogP) is 1.39. The Kier molecular flexibility index (Phi) is 3.08. The topological polar surface area (TPSA) is 23.5 Å². The van der Waals surface area contributed by atoms with E-state index < -0.39 is 0 Å². The molecular weight excluding hydrogens is 186 g/mol. The number of benzene rings is 1. The molecule has 1 N–H and O–H groups in total. The number of hydrogen-bond acceptors (Lipinski definition) is 2. The summed E-state index contributed by atoms with van der Waals surface area (Å²) in [5, 5.41) is 8.92. The minimum absolute atomic E-state index is 0.252. The fraction of sp³-hybridized carbons (Fsp3) is 0.538. The van der Waals surface area contributed by atoms with Crippen LogP contribution in [-0.2, 0) is 12.8 Å². The van der Waals surface area contributed by atoms with Crippen LogP contribution in [0.5, 0.6) is 0 Å². The van der Waals surface area contributed by atoms with Crippen LogP contribution >= 0.6 is 0 Å². The lowest BCUT2D eigenvalue weighted by Crippen LogP contribution is -2.34. The summed E-state index contributed by atoms with van der Waals surface area (Å²) < 4.78 is 0. The lowest BCUT2D eigenvalue weighted by Gasteiger charge is -2.22. The number of aliphatic hydroxyl groups excluding tert-OH is 1. The number of aryl methyl sites for hydroxylation is 1. The summed E-state index contributed by atoms with van der Waals surface area (Å²) >= 11 is 0. The Morgan fingerprint density at radius 2 is 2.07 bits per heavy atom. The van der Waals surface area contributed by atoms with Gasteiger partial charge in [0.15, 0.2) is 0 Å². The maximum absolute atomic E-state index is 8.92. The summed E-state index contributed by atoms with van der Waals surface area (Å²) in [6.07, 6.45) is 2.26. The van der Waals surface area contributed by atoms with Crippen molar-refractivity contribution in [2.45, 2.75) is 25.8 Å². The number of nitrogens with zero attached hydrogens (tertiary/aromatic N) is 1. The smallest absolute Gasteiger partial charge is 0.0558 e. The quantitative estimate of drug-likeness (QED) is 0.806. The molecule has 0 bridgehead atoms. The van der Waals surface area contributed by atoms with Gasteiger partial charge in [-0.15, -0.1) is 0 Å². The third-order valence-electron chi connectivity index (χ3n) is 3.35. The van der Waals surface area contributed by atoms with Gasteiger partial charge in [-0.2, -0.15) is 0 Å². The van der Waals surface area contributed by atoms with Crippen LogP contribution in [0.4, 0.5) is 0 Å². The van der Waals surface area contributed by atoms with E-state index in [9.17, 15) is 0 Å². The fourth-order valence-corrected chi connectivity index (χ4v) is 2.38. The van der Waals surface area contributed by atoms with Gasteiger partial charge < -0.3 is 10.0 Å². The second-order valence-electron chi connectivity index (χ2n) is 4.54. The second kappa shape index (κ2) is 4.33. The fourth-order valence-electron chi connectivity index (χ4n) is 2.38. The van der Waals surface area contributed by atoms with Crippen LogP contribution in [0.1, 0.15) is 16.7 Å². The highest BCUT2D eigenvalue weighted by molar-refractivity contribution is 5.36. The number of hydrogen-bond donors (Lipinski definition) is 1. The summed E-state index contributed by atoms with van der Waals surface area (Å²) in [6, 6.07) is 7.31. The summed E-state index contributed by atoms with van der Waals surface area (Å²) in [5.41, 5.74) is 4.32. The Labute approximate surface area is 91.5 Å². The highest BCUT2D eigenvalue weighted by atomic mass is 16.3. The second-order valence-corrected chi connectivity index (χ2v) is 4.54. The lowest BCUT2D eigenvalue weighted by molar-refractivity contribution is 0.183. The summed E-state index contributed by atoms with van der Waals surface area (Å²) in [5.74, 6) is 0. The molecule has 2 heteroatoms. The number of likely N-dealkylation sites (N-methyl/N-ethyl adjacent to an activating group) is 1. The molecule has 2 nitrogen and oxygen atoms in total. The monoisotopic (exact) mass is 205 g/mol. The summed E-state index contributed by atoms with van der Waals surface area (Å²) in [7, 11) is 2.10. The van der Waals surface area contributed by atoms with E-state index in [1.807, 2.05) is 0 Å². The van der Waals surface area contributed by atoms with Crippen LogP contribution in [0.2, 0.25) is 0 Å². The zero-order chi connectivity index (χ0) is 10.8. The Balaban J connectivity index is 2.08. The molecule has 0 heterocycles. The van der Waals surface area contributed by atoms with Crippen molar-refractivity contribution >= 4 is 0 Å².